The SMILES string of the molecule is CC(C)(C)OC(=O)N[C@H]1C=CC(=O)C1.Cc1cc(C)c(/C=C2/C(=O)C=C[C@@H]2NC(=O)OC(C)(C)C)c(C)c1. The lowest BCUT2D eigenvalue weighted by Crippen LogP contribution is -2.38. The predicted octanol–water partition coefficient (Wildman–Crippen LogP) is 5.44. The van der Waals surface area contributed by atoms with Crippen LogP contribution in [-0.2, 0) is 19.1 Å². The van der Waals surface area contributed by atoms with E-state index in [1.54, 1.807) is 53.7 Å². The van der Waals surface area contributed by atoms with E-state index < -0.39 is 29.4 Å². The summed E-state index contributed by atoms with van der Waals surface area (Å²) in [5.74, 6) is -0.0542. The van der Waals surface area contributed by atoms with Crippen LogP contribution in [0.3, 0.4) is 0 Å². The van der Waals surface area contributed by atoms with Gasteiger partial charge in [-0.25, -0.2) is 9.59 Å². The van der Waals surface area contributed by atoms with Crippen LogP contribution in [0.4, 0.5) is 9.59 Å². The molecule has 0 spiro atoms. The van der Waals surface area contributed by atoms with Crippen molar-refractivity contribution < 1.29 is 28.7 Å². The number of benzene rings is 1. The van der Waals surface area contributed by atoms with Gasteiger partial charge in [0.15, 0.2) is 11.6 Å². The van der Waals surface area contributed by atoms with Crippen molar-refractivity contribution in [2.24, 2.45) is 0 Å². The van der Waals surface area contributed by atoms with E-state index in [1.165, 1.54) is 17.7 Å². The van der Waals surface area contributed by atoms with Gasteiger partial charge in [0.2, 0.25) is 0 Å². The first kappa shape index (κ1) is 30.5. The van der Waals surface area contributed by atoms with Crippen molar-refractivity contribution in [3.63, 3.8) is 0 Å². The first-order valence-corrected chi connectivity index (χ1v) is 12.7. The second-order valence-electron chi connectivity index (χ2n) is 11.5. The van der Waals surface area contributed by atoms with Crippen LogP contribution in [0.15, 0.2) is 42.0 Å². The lowest BCUT2D eigenvalue weighted by atomic mass is 9.96. The van der Waals surface area contributed by atoms with Gasteiger partial charge in [0.05, 0.1) is 12.1 Å². The van der Waals surface area contributed by atoms with Crippen LogP contribution >= 0.6 is 0 Å². The highest BCUT2D eigenvalue weighted by atomic mass is 16.6. The number of rotatable bonds is 3. The van der Waals surface area contributed by atoms with Gasteiger partial charge in [-0.05, 0) is 97.2 Å². The Balaban J connectivity index is 0.000000308. The molecule has 0 saturated carbocycles. The molecule has 1 aromatic rings. The number of ether oxygens (including phenoxy) is 2. The average molecular weight is 525 g/mol. The molecule has 38 heavy (non-hydrogen) atoms. The number of hydrogen-bond acceptors (Lipinski definition) is 6. The van der Waals surface area contributed by atoms with Crippen LogP contribution in [0.1, 0.15) is 70.2 Å². The molecule has 8 nitrogen and oxygen atoms in total. The highest BCUT2D eigenvalue weighted by Crippen LogP contribution is 2.24. The Labute approximate surface area is 225 Å². The second kappa shape index (κ2) is 12.2. The normalized spacial score (nSPS) is 19.8. The molecular formula is C30H40N2O6. The zero-order chi connectivity index (χ0) is 28.8. The van der Waals surface area contributed by atoms with E-state index in [1.807, 2.05) is 26.8 Å². The summed E-state index contributed by atoms with van der Waals surface area (Å²) in [4.78, 5) is 46.3. The Morgan fingerprint density at radius 2 is 1.37 bits per heavy atom. The van der Waals surface area contributed by atoms with E-state index in [9.17, 15) is 19.2 Å². The van der Waals surface area contributed by atoms with Crippen molar-refractivity contribution in [1.82, 2.24) is 10.6 Å². The van der Waals surface area contributed by atoms with Gasteiger partial charge in [-0.1, -0.05) is 29.8 Å². The molecule has 0 aromatic heterocycles. The van der Waals surface area contributed by atoms with E-state index in [-0.39, 0.29) is 17.6 Å². The number of carbonyl (C=O) groups is 4. The zero-order valence-corrected chi connectivity index (χ0v) is 23.9. The maximum Gasteiger partial charge on any atom is 0.408 e. The Kier molecular flexibility index (Phi) is 9.84. The second-order valence-corrected chi connectivity index (χ2v) is 11.5. The topological polar surface area (TPSA) is 111 Å². The molecule has 2 N–H and O–H groups in total. The Hall–Kier alpha value is -3.68. The summed E-state index contributed by atoms with van der Waals surface area (Å²) >= 11 is 0. The van der Waals surface area contributed by atoms with Crippen molar-refractivity contribution in [2.75, 3.05) is 0 Å². The van der Waals surface area contributed by atoms with Gasteiger partial charge in [-0.3, -0.25) is 9.59 Å². The van der Waals surface area contributed by atoms with Crippen LogP contribution < -0.4 is 10.6 Å². The standard InChI is InChI=1S/C20H25NO3.C10H15NO3/c1-12-9-13(2)15(14(3)10-12)11-16-17(7-8-18(16)22)21-19(23)24-20(4,5)6;1-10(2,3)14-9(13)11-7-4-5-8(12)6-7/h7-11,17H,1-6H3,(H,21,23);4-5,7H,6H2,1-3H3,(H,11,13)/b16-11+;/t17-;7-/m00/s1. The average Bonchev–Trinajstić information content (AvgIpc) is 3.27. The minimum Gasteiger partial charge on any atom is -0.444 e. The molecular weight excluding hydrogens is 484 g/mol. The minimum absolute atomic E-state index is 0.0334. The van der Waals surface area contributed by atoms with Crippen LogP contribution in [0.25, 0.3) is 6.08 Å². The lowest BCUT2D eigenvalue weighted by molar-refractivity contribution is -0.114. The number of alkyl carbamates (subject to hydrolysis) is 2. The molecule has 0 fully saturated rings. The molecule has 0 saturated heterocycles. The predicted molar refractivity (Wildman–Crippen MR) is 148 cm³/mol. The lowest BCUT2D eigenvalue weighted by Gasteiger charge is -2.22. The summed E-state index contributed by atoms with van der Waals surface area (Å²) in [6, 6.07) is 3.50. The van der Waals surface area contributed by atoms with Crippen molar-refractivity contribution in [1.29, 1.82) is 0 Å². The number of nitrogens with one attached hydrogen (secondary N) is 2. The molecule has 8 heteroatoms. The van der Waals surface area contributed by atoms with E-state index in [2.05, 4.69) is 22.8 Å². The van der Waals surface area contributed by atoms with Crippen LogP contribution in [-0.4, -0.2) is 47.0 Å². The Morgan fingerprint density at radius 3 is 1.84 bits per heavy atom. The third-order valence-electron chi connectivity index (χ3n) is 5.41. The summed E-state index contributed by atoms with van der Waals surface area (Å²) in [6.45, 7) is 16.9. The van der Waals surface area contributed by atoms with Gasteiger partial charge < -0.3 is 20.1 Å². The van der Waals surface area contributed by atoms with Crippen LogP contribution in [0.2, 0.25) is 0 Å². The van der Waals surface area contributed by atoms with Crippen LogP contribution in [0.5, 0.6) is 0 Å². The molecule has 2 aliphatic carbocycles. The fourth-order valence-corrected chi connectivity index (χ4v) is 3.97. The molecule has 3 rings (SSSR count). The molecule has 0 radical (unpaired) electrons. The van der Waals surface area contributed by atoms with Crippen molar-refractivity contribution >= 4 is 29.8 Å². The first-order chi connectivity index (χ1) is 17.4. The minimum atomic E-state index is -0.579. The molecule has 0 bridgehead atoms. The van der Waals surface area contributed by atoms with E-state index in [4.69, 9.17) is 9.47 Å². The van der Waals surface area contributed by atoms with Crippen molar-refractivity contribution in [3.05, 3.63) is 64.3 Å². The molecule has 2 atom stereocenters. The summed E-state index contributed by atoms with van der Waals surface area (Å²) in [5, 5.41) is 5.35. The van der Waals surface area contributed by atoms with Crippen molar-refractivity contribution in [2.45, 2.75) is 92.0 Å². The first-order valence-electron chi connectivity index (χ1n) is 12.7. The van der Waals surface area contributed by atoms with Gasteiger partial charge >= 0.3 is 12.2 Å². The molecule has 0 unspecified atom stereocenters. The number of amides is 2. The highest BCUT2D eigenvalue weighted by molar-refractivity contribution is 6.11. The maximum atomic E-state index is 12.2. The number of ketones is 2. The third kappa shape index (κ3) is 10.00. The Bertz CT molecular complexity index is 1160. The largest absolute Gasteiger partial charge is 0.444 e. The van der Waals surface area contributed by atoms with Gasteiger partial charge in [0.1, 0.15) is 11.2 Å². The number of aryl methyl sites for hydroxylation is 3. The third-order valence-corrected chi connectivity index (χ3v) is 5.41. The van der Waals surface area contributed by atoms with Gasteiger partial charge in [-0.2, -0.15) is 0 Å². The quantitative estimate of drug-likeness (QED) is 0.510. The summed E-state index contributed by atoms with van der Waals surface area (Å²) in [6.07, 6.45) is 7.52. The Morgan fingerprint density at radius 1 is 0.842 bits per heavy atom. The smallest absolute Gasteiger partial charge is 0.408 e. The summed E-state index contributed by atoms with van der Waals surface area (Å²) in [5.41, 5.74) is 3.89. The molecule has 206 valence electrons. The fraction of sp³-hybridized carbons (Fsp3) is 0.467. The monoisotopic (exact) mass is 524 g/mol. The molecule has 0 heterocycles. The van der Waals surface area contributed by atoms with E-state index >= 15 is 0 Å². The fourth-order valence-electron chi connectivity index (χ4n) is 3.97. The van der Waals surface area contributed by atoms with Gasteiger partial charge in [0.25, 0.3) is 0 Å². The maximum absolute atomic E-state index is 12.2. The number of carbonyl (C=O) groups excluding carboxylic acids is 4. The summed E-state index contributed by atoms with van der Waals surface area (Å²) < 4.78 is 10.3. The number of allylic oxidation sites excluding steroid dienone is 2. The van der Waals surface area contributed by atoms with E-state index in [0.29, 0.717) is 12.0 Å². The zero-order valence-electron chi connectivity index (χ0n) is 23.9. The number of hydrogen-bond donors (Lipinski definition) is 2. The van der Waals surface area contributed by atoms with Gasteiger partial charge in [-0.15, -0.1) is 0 Å². The summed E-state index contributed by atoms with van der Waals surface area (Å²) in [7, 11) is 0. The molecule has 2 aliphatic rings. The molecule has 0 aliphatic heterocycles. The highest BCUT2D eigenvalue weighted by Gasteiger charge is 2.27. The van der Waals surface area contributed by atoms with Crippen LogP contribution in [0, 0.1) is 20.8 Å². The molecule has 2 amide bonds. The van der Waals surface area contributed by atoms with E-state index in [0.717, 1.165) is 16.7 Å². The van der Waals surface area contributed by atoms with Crippen molar-refractivity contribution in [3.8, 4) is 0 Å². The van der Waals surface area contributed by atoms with Gasteiger partial charge in [0, 0.05) is 12.0 Å². The molecule has 1 aromatic carbocycles.